The lowest BCUT2D eigenvalue weighted by Gasteiger charge is -2.19. The zero-order valence-electron chi connectivity index (χ0n) is 16.5. The summed E-state index contributed by atoms with van der Waals surface area (Å²) in [5, 5.41) is 7.40. The number of nitrogens with one attached hydrogen (secondary N) is 1. The van der Waals surface area contributed by atoms with Gasteiger partial charge in [0.25, 0.3) is 0 Å². The molecule has 0 saturated heterocycles. The number of amides is 1. The Morgan fingerprint density at radius 2 is 1.86 bits per heavy atom. The van der Waals surface area contributed by atoms with Crippen LogP contribution in [0, 0.1) is 0 Å². The van der Waals surface area contributed by atoms with Crippen molar-refractivity contribution in [3.63, 3.8) is 0 Å². The maximum absolute atomic E-state index is 12.7. The standard InChI is InChI=1S/C23H25N5O/c1-27-21-12-6-5-11-19(21)26-23(27)20(17-18-9-3-2-4-10-18)25-22(29)13-7-15-28-16-8-14-24-28/h2-6,8-12,14,16,20H,7,13,15,17H2,1H3,(H,25,29)/t20-/m0/s1. The van der Waals surface area contributed by atoms with Gasteiger partial charge in [0.2, 0.25) is 5.91 Å². The van der Waals surface area contributed by atoms with E-state index in [0.29, 0.717) is 12.8 Å². The molecule has 0 aliphatic carbocycles. The Morgan fingerprint density at radius 3 is 2.62 bits per heavy atom. The molecule has 4 rings (SSSR count). The molecule has 2 aromatic heterocycles. The summed E-state index contributed by atoms with van der Waals surface area (Å²) in [6.07, 6.45) is 5.56. The number of benzene rings is 2. The number of hydrogen-bond acceptors (Lipinski definition) is 3. The van der Waals surface area contributed by atoms with Gasteiger partial charge in [-0.1, -0.05) is 42.5 Å². The first kappa shape index (κ1) is 18.9. The van der Waals surface area contributed by atoms with Gasteiger partial charge in [-0.3, -0.25) is 9.48 Å². The molecule has 2 heterocycles. The highest BCUT2D eigenvalue weighted by Crippen LogP contribution is 2.23. The van der Waals surface area contributed by atoms with E-state index in [1.807, 2.05) is 60.4 Å². The predicted molar refractivity (Wildman–Crippen MR) is 113 cm³/mol. The molecular weight excluding hydrogens is 362 g/mol. The largest absolute Gasteiger partial charge is 0.346 e. The van der Waals surface area contributed by atoms with Crippen LogP contribution in [-0.4, -0.2) is 25.2 Å². The summed E-state index contributed by atoms with van der Waals surface area (Å²) in [6.45, 7) is 0.732. The van der Waals surface area contributed by atoms with E-state index < -0.39 is 0 Å². The molecule has 0 bridgehead atoms. The van der Waals surface area contributed by atoms with Crippen molar-refractivity contribution in [1.82, 2.24) is 24.6 Å². The fraction of sp³-hybridized carbons (Fsp3) is 0.261. The van der Waals surface area contributed by atoms with Gasteiger partial charge in [-0.05, 0) is 36.6 Å². The third-order valence-corrected chi connectivity index (χ3v) is 5.10. The number of imidazole rings is 1. The first-order valence-electron chi connectivity index (χ1n) is 9.93. The second-order valence-electron chi connectivity index (χ2n) is 7.20. The van der Waals surface area contributed by atoms with Crippen molar-refractivity contribution >= 4 is 16.9 Å². The first-order chi connectivity index (χ1) is 14.2. The molecule has 0 fully saturated rings. The van der Waals surface area contributed by atoms with Crippen molar-refractivity contribution < 1.29 is 4.79 Å². The average Bonchev–Trinajstić information content (AvgIpc) is 3.37. The van der Waals surface area contributed by atoms with Crippen LogP contribution in [0.5, 0.6) is 0 Å². The molecule has 6 heteroatoms. The van der Waals surface area contributed by atoms with Gasteiger partial charge in [-0.2, -0.15) is 5.10 Å². The Morgan fingerprint density at radius 1 is 1.07 bits per heavy atom. The molecular formula is C23H25N5O. The molecule has 148 valence electrons. The van der Waals surface area contributed by atoms with Crippen LogP contribution in [0.15, 0.2) is 73.1 Å². The van der Waals surface area contributed by atoms with Crippen molar-refractivity contribution in [1.29, 1.82) is 0 Å². The van der Waals surface area contributed by atoms with E-state index >= 15 is 0 Å². The molecule has 1 amide bonds. The number of aromatic nitrogens is 4. The van der Waals surface area contributed by atoms with Crippen LogP contribution < -0.4 is 5.32 Å². The SMILES string of the molecule is Cn1c([C@H](Cc2ccccc2)NC(=O)CCCn2cccn2)nc2ccccc21. The first-order valence-corrected chi connectivity index (χ1v) is 9.93. The second kappa shape index (κ2) is 8.73. The van der Waals surface area contributed by atoms with Gasteiger partial charge in [0, 0.05) is 32.4 Å². The number of hydrogen-bond donors (Lipinski definition) is 1. The van der Waals surface area contributed by atoms with E-state index in [-0.39, 0.29) is 11.9 Å². The van der Waals surface area contributed by atoms with E-state index in [9.17, 15) is 4.79 Å². The molecule has 0 aliphatic heterocycles. The summed E-state index contributed by atoms with van der Waals surface area (Å²) in [5.41, 5.74) is 3.17. The lowest BCUT2D eigenvalue weighted by molar-refractivity contribution is -0.122. The Bertz CT molecular complexity index is 1070. The molecule has 4 aromatic rings. The summed E-state index contributed by atoms with van der Waals surface area (Å²) in [4.78, 5) is 17.5. The molecule has 0 saturated carbocycles. The van der Waals surface area contributed by atoms with E-state index in [4.69, 9.17) is 4.98 Å². The Labute approximate surface area is 170 Å². The lowest BCUT2D eigenvalue weighted by Crippen LogP contribution is -2.31. The Balaban J connectivity index is 1.51. The summed E-state index contributed by atoms with van der Waals surface area (Å²) in [5.74, 6) is 0.903. The van der Waals surface area contributed by atoms with Crippen LogP contribution in [0.1, 0.15) is 30.3 Å². The zero-order chi connectivity index (χ0) is 20.1. The van der Waals surface area contributed by atoms with Crippen molar-refractivity contribution in [2.24, 2.45) is 7.05 Å². The van der Waals surface area contributed by atoms with Gasteiger partial charge >= 0.3 is 0 Å². The Hall–Kier alpha value is -3.41. The number of carbonyl (C=O) groups is 1. The monoisotopic (exact) mass is 387 g/mol. The highest BCUT2D eigenvalue weighted by Gasteiger charge is 2.21. The van der Waals surface area contributed by atoms with Gasteiger partial charge in [0.15, 0.2) is 0 Å². The maximum Gasteiger partial charge on any atom is 0.220 e. The van der Waals surface area contributed by atoms with E-state index in [1.165, 1.54) is 5.56 Å². The predicted octanol–water partition coefficient (Wildman–Crippen LogP) is 3.65. The Kier molecular flexibility index (Phi) is 5.70. The maximum atomic E-state index is 12.7. The molecule has 2 aromatic carbocycles. The number of nitrogens with zero attached hydrogens (tertiary/aromatic N) is 4. The fourth-order valence-corrected chi connectivity index (χ4v) is 3.63. The molecule has 1 N–H and O–H groups in total. The molecule has 29 heavy (non-hydrogen) atoms. The van der Waals surface area contributed by atoms with Gasteiger partial charge in [0.05, 0.1) is 17.1 Å². The normalized spacial score (nSPS) is 12.2. The van der Waals surface area contributed by atoms with Crippen LogP contribution >= 0.6 is 0 Å². The summed E-state index contributed by atoms with van der Waals surface area (Å²) >= 11 is 0. The molecule has 0 spiro atoms. The minimum Gasteiger partial charge on any atom is -0.346 e. The number of carbonyl (C=O) groups excluding carboxylic acids is 1. The van der Waals surface area contributed by atoms with Gasteiger partial charge in [-0.15, -0.1) is 0 Å². The van der Waals surface area contributed by atoms with Crippen LogP contribution in [0.25, 0.3) is 11.0 Å². The fourth-order valence-electron chi connectivity index (χ4n) is 3.63. The zero-order valence-corrected chi connectivity index (χ0v) is 16.5. The van der Waals surface area contributed by atoms with Crippen molar-refractivity contribution in [2.45, 2.75) is 31.8 Å². The topological polar surface area (TPSA) is 64.7 Å². The third-order valence-electron chi connectivity index (χ3n) is 5.10. The molecule has 0 unspecified atom stereocenters. The van der Waals surface area contributed by atoms with Gasteiger partial charge < -0.3 is 9.88 Å². The summed E-state index contributed by atoms with van der Waals surface area (Å²) in [6, 6.07) is 20.0. The number of rotatable bonds is 8. The minimum atomic E-state index is -0.188. The second-order valence-corrected chi connectivity index (χ2v) is 7.20. The highest BCUT2D eigenvalue weighted by molar-refractivity contribution is 5.78. The van der Waals surface area contributed by atoms with Crippen molar-refractivity contribution in [2.75, 3.05) is 0 Å². The molecule has 0 radical (unpaired) electrons. The number of para-hydroxylation sites is 2. The van der Waals surface area contributed by atoms with Crippen molar-refractivity contribution in [3.8, 4) is 0 Å². The number of aryl methyl sites for hydroxylation is 2. The average molecular weight is 387 g/mol. The van der Waals surface area contributed by atoms with Gasteiger partial charge in [-0.25, -0.2) is 4.98 Å². The molecule has 6 nitrogen and oxygen atoms in total. The number of fused-ring (bicyclic) bond motifs is 1. The smallest absolute Gasteiger partial charge is 0.220 e. The van der Waals surface area contributed by atoms with Crippen molar-refractivity contribution in [3.05, 3.63) is 84.4 Å². The van der Waals surface area contributed by atoms with Crippen LogP contribution in [0.4, 0.5) is 0 Å². The van der Waals surface area contributed by atoms with Crippen LogP contribution in [-0.2, 0) is 24.8 Å². The minimum absolute atomic E-state index is 0.0325. The summed E-state index contributed by atoms with van der Waals surface area (Å²) < 4.78 is 3.92. The van der Waals surface area contributed by atoms with Crippen LogP contribution in [0.3, 0.4) is 0 Å². The van der Waals surface area contributed by atoms with Gasteiger partial charge in [0.1, 0.15) is 5.82 Å². The molecule has 1 atom stereocenters. The highest BCUT2D eigenvalue weighted by atomic mass is 16.1. The van der Waals surface area contributed by atoms with E-state index in [2.05, 4.69) is 33.2 Å². The van der Waals surface area contributed by atoms with Crippen LogP contribution in [0.2, 0.25) is 0 Å². The lowest BCUT2D eigenvalue weighted by atomic mass is 10.0. The van der Waals surface area contributed by atoms with E-state index in [1.54, 1.807) is 6.20 Å². The van der Waals surface area contributed by atoms with E-state index in [0.717, 1.165) is 29.8 Å². The summed E-state index contributed by atoms with van der Waals surface area (Å²) in [7, 11) is 2.01. The quantitative estimate of drug-likeness (QED) is 0.502. The molecule has 0 aliphatic rings. The third kappa shape index (κ3) is 4.54.